The highest BCUT2D eigenvalue weighted by Crippen LogP contribution is 2.19. The van der Waals surface area contributed by atoms with Crippen molar-refractivity contribution in [3.05, 3.63) is 35.5 Å². The molecule has 14 heavy (non-hydrogen) atoms. The molecule has 0 spiro atoms. The molecular weight excluding hydrogens is 176 g/mol. The summed E-state index contributed by atoms with van der Waals surface area (Å²) in [4.78, 5) is 3.30. The molecule has 2 aromatic rings. The molecule has 1 aromatic carbocycles. The van der Waals surface area contributed by atoms with Gasteiger partial charge in [-0.15, -0.1) is 0 Å². The van der Waals surface area contributed by atoms with E-state index in [-0.39, 0.29) is 6.61 Å². The minimum Gasteiger partial charge on any atom is -0.392 e. The molecule has 3 N–H and O–H groups in total. The van der Waals surface area contributed by atoms with E-state index in [1.54, 1.807) is 0 Å². The van der Waals surface area contributed by atoms with Crippen LogP contribution in [0.5, 0.6) is 0 Å². The SMILES string of the molecule is CNCc1cc2c(CO)cccc2[nH]1. The summed E-state index contributed by atoms with van der Waals surface area (Å²) in [6.07, 6.45) is 0. The predicted octanol–water partition coefficient (Wildman–Crippen LogP) is 1.38. The zero-order chi connectivity index (χ0) is 9.97. The Morgan fingerprint density at radius 2 is 2.29 bits per heavy atom. The molecule has 3 nitrogen and oxygen atoms in total. The van der Waals surface area contributed by atoms with Crippen molar-refractivity contribution in [1.82, 2.24) is 10.3 Å². The van der Waals surface area contributed by atoms with Crippen LogP contribution >= 0.6 is 0 Å². The molecule has 0 atom stereocenters. The van der Waals surface area contributed by atoms with E-state index < -0.39 is 0 Å². The summed E-state index contributed by atoms with van der Waals surface area (Å²) >= 11 is 0. The zero-order valence-electron chi connectivity index (χ0n) is 8.17. The van der Waals surface area contributed by atoms with Gasteiger partial charge in [0.1, 0.15) is 0 Å². The van der Waals surface area contributed by atoms with Crippen LogP contribution in [-0.2, 0) is 13.2 Å². The number of rotatable bonds is 3. The molecule has 1 aromatic heterocycles. The Labute approximate surface area is 82.8 Å². The number of fused-ring (bicyclic) bond motifs is 1. The van der Waals surface area contributed by atoms with Gasteiger partial charge < -0.3 is 15.4 Å². The van der Waals surface area contributed by atoms with E-state index in [1.807, 2.05) is 25.2 Å². The topological polar surface area (TPSA) is 48.0 Å². The molecule has 74 valence electrons. The molecule has 0 aliphatic carbocycles. The molecule has 3 heteroatoms. The van der Waals surface area contributed by atoms with Crippen LogP contribution in [0.3, 0.4) is 0 Å². The van der Waals surface area contributed by atoms with E-state index in [2.05, 4.69) is 16.4 Å². The molecule has 0 fully saturated rings. The van der Waals surface area contributed by atoms with Crippen molar-refractivity contribution in [2.45, 2.75) is 13.2 Å². The van der Waals surface area contributed by atoms with Crippen LogP contribution in [0.4, 0.5) is 0 Å². The van der Waals surface area contributed by atoms with Crippen molar-refractivity contribution in [1.29, 1.82) is 0 Å². The third-order valence-electron chi connectivity index (χ3n) is 2.35. The molecule has 0 radical (unpaired) electrons. The standard InChI is InChI=1S/C11H14N2O/c1-12-6-9-5-10-8(7-14)3-2-4-11(10)13-9/h2-5,12-14H,6-7H2,1H3. The van der Waals surface area contributed by atoms with Crippen LogP contribution in [0.2, 0.25) is 0 Å². The van der Waals surface area contributed by atoms with Crippen LogP contribution in [0.15, 0.2) is 24.3 Å². The average molecular weight is 190 g/mol. The summed E-state index contributed by atoms with van der Waals surface area (Å²) in [5.74, 6) is 0. The van der Waals surface area contributed by atoms with Gasteiger partial charge in [0.15, 0.2) is 0 Å². The van der Waals surface area contributed by atoms with Crippen LogP contribution in [0, 0.1) is 0 Å². The van der Waals surface area contributed by atoms with E-state index in [4.69, 9.17) is 5.11 Å². The fourth-order valence-electron chi connectivity index (χ4n) is 1.70. The van der Waals surface area contributed by atoms with Crippen LogP contribution < -0.4 is 5.32 Å². The Morgan fingerprint density at radius 1 is 1.43 bits per heavy atom. The third kappa shape index (κ3) is 1.52. The first-order chi connectivity index (χ1) is 6.85. The molecule has 0 unspecified atom stereocenters. The summed E-state index contributed by atoms with van der Waals surface area (Å²) < 4.78 is 0. The van der Waals surface area contributed by atoms with Crippen molar-refractivity contribution in [3.8, 4) is 0 Å². The summed E-state index contributed by atoms with van der Waals surface area (Å²) in [5, 5.41) is 13.3. The molecular formula is C11H14N2O. The van der Waals surface area contributed by atoms with Gasteiger partial charge in [-0.25, -0.2) is 0 Å². The Balaban J connectivity index is 2.52. The quantitative estimate of drug-likeness (QED) is 0.684. The lowest BCUT2D eigenvalue weighted by molar-refractivity contribution is 0.283. The van der Waals surface area contributed by atoms with E-state index in [0.29, 0.717) is 0 Å². The Morgan fingerprint density at radius 3 is 3.00 bits per heavy atom. The van der Waals surface area contributed by atoms with Gasteiger partial charge in [0.2, 0.25) is 0 Å². The maximum atomic E-state index is 9.15. The first kappa shape index (κ1) is 9.24. The van der Waals surface area contributed by atoms with E-state index >= 15 is 0 Å². The highest BCUT2D eigenvalue weighted by molar-refractivity contribution is 5.83. The number of aromatic nitrogens is 1. The minimum absolute atomic E-state index is 0.0915. The van der Waals surface area contributed by atoms with Crippen molar-refractivity contribution < 1.29 is 5.11 Å². The first-order valence-corrected chi connectivity index (χ1v) is 4.70. The van der Waals surface area contributed by atoms with Gasteiger partial charge >= 0.3 is 0 Å². The monoisotopic (exact) mass is 190 g/mol. The van der Waals surface area contributed by atoms with Gasteiger partial charge in [-0.05, 0) is 24.7 Å². The van der Waals surface area contributed by atoms with E-state index in [1.165, 1.54) is 0 Å². The molecule has 0 aliphatic rings. The van der Waals surface area contributed by atoms with Gasteiger partial charge in [-0.1, -0.05) is 12.1 Å². The van der Waals surface area contributed by atoms with Crippen molar-refractivity contribution >= 4 is 10.9 Å². The lowest BCUT2D eigenvalue weighted by atomic mass is 10.1. The number of hydrogen-bond acceptors (Lipinski definition) is 2. The molecule has 0 saturated carbocycles. The lowest BCUT2D eigenvalue weighted by Gasteiger charge is -1.96. The van der Waals surface area contributed by atoms with E-state index in [0.717, 1.165) is 28.7 Å². The van der Waals surface area contributed by atoms with E-state index in [9.17, 15) is 0 Å². The Bertz CT molecular complexity index is 434. The Kier molecular flexibility index (Phi) is 2.52. The summed E-state index contributed by atoms with van der Waals surface area (Å²) in [6.45, 7) is 0.910. The normalized spacial score (nSPS) is 11.0. The number of aliphatic hydroxyl groups excluding tert-OH is 1. The number of benzene rings is 1. The zero-order valence-corrected chi connectivity index (χ0v) is 8.17. The largest absolute Gasteiger partial charge is 0.392 e. The second-order valence-electron chi connectivity index (χ2n) is 3.36. The number of hydrogen-bond donors (Lipinski definition) is 3. The fraction of sp³-hybridized carbons (Fsp3) is 0.273. The number of nitrogens with one attached hydrogen (secondary N) is 2. The molecule has 0 bridgehead atoms. The fourth-order valence-corrected chi connectivity index (χ4v) is 1.70. The summed E-state index contributed by atoms with van der Waals surface area (Å²) in [7, 11) is 1.92. The second kappa shape index (κ2) is 3.82. The second-order valence-corrected chi connectivity index (χ2v) is 3.36. The van der Waals surface area contributed by atoms with Gasteiger partial charge in [-0.2, -0.15) is 0 Å². The highest BCUT2D eigenvalue weighted by Gasteiger charge is 2.03. The molecule has 0 saturated heterocycles. The third-order valence-corrected chi connectivity index (χ3v) is 2.35. The number of H-pyrrole nitrogens is 1. The highest BCUT2D eigenvalue weighted by atomic mass is 16.3. The van der Waals surface area contributed by atoms with Gasteiger partial charge in [0, 0.05) is 23.1 Å². The Hall–Kier alpha value is -1.32. The van der Waals surface area contributed by atoms with Crippen LogP contribution in [-0.4, -0.2) is 17.1 Å². The summed E-state index contributed by atoms with van der Waals surface area (Å²) in [5.41, 5.74) is 3.20. The number of aliphatic hydroxyl groups is 1. The average Bonchev–Trinajstić information content (AvgIpc) is 2.60. The van der Waals surface area contributed by atoms with Crippen molar-refractivity contribution in [2.75, 3.05) is 7.05 Å². The summed E-state index contributed by atoms with van der Waals surface area (Å²) in [6, 6.07) is 8.00. The molecule has 0 aliphatic heterocycles. The van der Waals surface area contributed by atoms with Crippen molar-refractivity contribution in [2.24, 2.45) is 0 Å². The van der Waals surface area contributed by atoms with Gasteiger partial charge in [0.05, 0.1) is 6.61 Å². The molecule has 2 rings (SSSR count). The van der Waals surface area contributed by atoms with Gasteiger partial charge in [-0.3, -0.25) is 0 Å². The molecule has 0 amide bonds. The maximum absolute atomic E-state index is 9.15. The molecule has 1 heterocycles. The predicted molar refractivity (Wildman–Crippen MR) is 57.0 cm³/mol. The first-order valence-electron chi connectivity index (χ1n) is 4.70. The van der Waals surface area contributed by atoms with Crippen LogP contribution in [0.25, 0.3) is 10.9 Å². The number of aromatic amines is 1. The smallest absolute Gasteiger partial charge is 0.0688 e. The minimum atomic E-state index is 0.0915. The maximum Gasteiger partial charge on any atom is 0.0688 e. The van der Waals surface area contributed by atoms with Crippen LogP contribution in [0.1, 0.15) is 11.3 Å². The van der Waals surface area contributed by atoms with Gasteiger partial charge in [0.25, 0.3) is 0 Å². The van der Waals surface area contributed by atoms with Crippen molar-refractivity contribution in [3.63, 3.8) is 0 Å². The lowest BCUT2D eigenvalue weighted by Crippen LogP contribution is -2.04.